The molecule has 5 nitrogen and oxygen atoms in total. The van der Waals surface area contributed by atoms with Gasteiger partial charge >= 0.3 is 0 Å². The number of fused-ring (bicyclic) bond motifs is 1. The third-order valence-electron chi connectivity index (χ3n) is 6.68. The smallest absolute Gasteiger partial charge is 0.293 e. The van der Waals surface area contributed by atoms with Gasteiger partial charge in [0.25, 0.3) is 1.43 Å². The molecular formula is C34H28O5S. The molecule has 0 aromatic heterocycles. The van der Waals surface area contributed by atoms with Crippen molar-refractivity contribution in [2.75, 3.05) is 0 Å². The Morgan fingerprint density at radius 2 is 1.30 bits per heavy atom. The van der Waals surface area contributed by atoms with Gasteiger partial charge < -0.3 is 24.4 Å². The van der Waals surface area contributed by atoms with Gasteiger partial charge in [-0.3, -0.25) is 0 Å². The fourth-order valence-corrected chi connectivity index (χ4v) is 5.96. The summed E-state index contributed by atoms with van der Waals surface area (Å²) in [6.45, 7) is 0.816. The summed E-state index contributed by atoms with van der Waals surface area (Å²) < 4.78 is 26.6. The highest BCUT2D eigenvalue weighted by Gasteiger charge is 2.36. The topological polar surface area (TPSA) is 68.2 Å². The lowest BCUT2D eigenvalue weighted by Gasteiger charge is -2.35. The molecule has 1 aliphatic rings. The fourth-order valence-electron chi connectivity index (χ4n) is 4.62. The Kier molecular flexibility index (Phi) is 7.15. The molecule has 1 aliphatic heterocycles. The lowest BCUT2D eigenvalue weighted by molar-refractivity contribution is 0.185. The zero-order valence-corrected chi connectivity index (χ0v) is 22.4. The lowest BCUT2D eigenvalue weighted by Crippen LogP contribution is -2.20. The first-order valence-corrected chi connectivity index (χ1v) is 13.9. The molecule has 0 spiro atoms. The van der Waals surface area contributed by atoms with E-state index in [9.17, 15) is 5.11 Å². The first-order chi connectivity index (χ1) is 20.2. The highest BCUT2D eigenvalue weighted by Crippen LogP contribution is 2.57. The van der Waals surface area contributed by atoms with Crippen molar-refractivity contribution in [2.24, 2.45) is 0 Å². The number of ether oxygens (including phenoxy) is 3. The normalized spacial score (nSPS) is 16.2. The van der Waals surface area contributed by atoms with E-state index >= 15 is 0 Å². The summed E-state index contributed by atoms with van der Waals surface area (Å²) in [4.78, 5) is 0.883. The largest absolute Gasteiger partial charge is 0.508 e. The first-order valence-electron chi connectivity index (χ1n) is 13.4. The number of hydrogen-bond acceptors (Lipinski definition) is 6. The number of aromatic hydroxyl groups is 2. The lowest BCUT2D eigenvalue weighted by atomic mass is 10.00. The molecule has 0 bridgehead atoms. The van der Waals surface area contributed by atoms with E-state index in [0.29, 0.717) is 36.2 Å². The van der Waals surface area contributed by atoms with Crippen molar-refractivity contribution in [1.29, 1.82) is 1.43 Å². The monoisotopic (exact) mass is 550 g/mol. The molecule has 2 N–H and O–H groups in total. The fraction of sp³-hybridized carbons (Fsp3) is 0.118. The van der Waals surface area contributed by atoms with Gasteiger partial charge in [0.15, 0.2) is 0 Å². The minimum absolute atomic E-state index is 0.137. The van der Waals surface area contributed by atoms with Crippen molar-refractivity contribution in [1.82, 2.24) is 0 Å². The zero-order valence-electron chi connectivity index (χ0n) is 22.6. The molecule has 5 aromatic carbocycles. The van der Waals surface area contributed by atoms with Crippen LogP contribution in [0.15, 0.2) is 126 Å². The molecule has 0 radical (unpaired) electrons. The molecule has 6 heteroatoms. The minimum Gasteiger partial charge on any atom is -0.508 e. The van der Waals surface area contributed by atoms with Gasteiger partial charge in [0.1, 0.15) is 48.1 Å². The maximum Gasteiger partial charge on any atom is 0.293 e. The Morgan fingerprint density at radius 1 is 0.700 bits per heavy atom. The predicted octanol–water partition coefficient (Wildman–Crippen LogP) is 8.22. The summed E-state index contributed by atoms with van der Waals surface area (Å²) >= 11 is 1.66. The van der Waals surface area contributed by atoms with Crippen LogP contribution in [0, 0.1) is 0 Å². The Morgan fingerprint density at radius 3 is 1.95 bits per heavy atom. The maximum absolute atomic E-state index is 9.92. The van der Waals surface area contributed by atoms with Crippen LogP contribution in [0.2, 0.25) is 0 Å². The Bertz CT molecular complexity index is 1580. The molecule has 0 saturated carbocycles. The van der Waals surface area contributed by atoms with Crippen molar-refractivity contribution < 1.29 is 24.4 Å². The number of thioether (sulfide) groups is 1. The molecule has 40 heavy (non-hydrogen) atoms. The molecule has 5 aromatic rings. The molecule has 0 unspecified atom stereocenters. The third-order valence-corrected chi connectivity index (χ3v) is 8.10. The molecule has 200 valence electrons. The summed E-state index contributed by atoms with van der Waals surface area (Å²) in [6, 6.07) is 38.4. The minimum atomic E-state index is -0.359. The van der Waals surface area contributed by atoms with Gasteiger partial charge in [0.2, 0.25) is 0 Å². The van der Waals surface area contributed by atoms with Crippen LogP contribution in [-0.4, -0.2) is 11.6 Å². The maximum atomic E-state index is 9.92. The van der Waals surface area contributed by atoms with Crippen LogP contribution >= 0.6 is 11.8 Å². The van der Waals surface area contributed by atoms with Crippen molar-refractivity contribution in [2.45, 2.75) is 29.5 Å². The van der Waals surface area contributed by atoms with E-state index in [0.717, 1.165) is 27.1 Å². The molecule has 0 saturated heterocycles. The Labute approximate surface area is 239 Å². The first kappa shape index (κ1) is 24.5. The Balaban J connectivity index is 1.38. The van der Waals surface area contributed by atoms with Crippen molar-refractivity contribution >= 4 is 11.8 Å². The van der Waals surface area contributed by atoms with Crippen molar-refractivity contribution in [3.8, 4) is 28.7 Å². The highest BCUT2D eigenvalue weighted by molar-refractivity contribution is 7.99. The van der Waals surface area contributed by atoms with Crippen LogP contribution in [0.5, 0.6) is 28.7 Å². The summed E-state index contributed by atoms with van der Waals surface area (Å²) in [6.07, 6.45) is -0.359. The number of phenols is 2. The second kappa shape index (κ2) is 11.7. The standard InChI is InChI=1S/C34H28O5S/c35-27-15-11-25(12-16-27)32-33(26-13-17-28(36)18-14-26)40-34-30(38-22-24-9-5-2-6-10-24)19-29(20-31(34)39-32)37-21-23-7-3-1-4-8-23/h1-20,32-33,35-36H,21-22H2/t32-,33+/m1/s1/i/hT. The molecule has 0 aliphatic carbocycles. The molecule has 1 heterocycles. The van der Waals surface area contributed by atoms with Crippen LogP contribution < -0.4 is 14.2 Å². The average Bonchev–Trinajstić information content (AvgIpc) is 3.03. The predicted molar refractivity (Wildman–Crippen MR) is 156 cm³/mol. The summed E-state index contributed by atoms with van der Waals surface area (Å²) in [5.41, 5.74) is 4.06. The van der Waals surface area contributed by atoms with Crippen LogP contribution in [0.3, 0.4) is 0 Å². The van der Waals surface area contributed by atoms with Gasteiger partial charge in [-0.1, -0.05) is 84.9 Å². The van der Waals surface area contributed by atoms with E-state index in [4.69, 9.17) is 15.6 Å². The van der Waals surface area contributed by atoms with Gasteiger partial charge in [0, 0.05) is 12.1 Å². The highest BCUT2D eigenvalue weighted by atomic mass is 32.2. The number of benzene rings is 5. The number of rotatable bonds is 9. The summed E-state index contributed by atoms with van der Waals surface area (Å²) in [5, 5.41) is 14.4. The Hall–Kier alpha value is -4.55. The van der Waals surface area contributed by atoms with E-state index in [-0.39, 0.29) is 17.1 Å². The van der Waals surface area contributed by atoms with E-state index < -0.39 is 0 Å². The van der Waals surface area contributed by atoms with Gasteiger partial charge in [0.05, 0.1) is 10.1 Å². The van der Waals surface area contributed by atoms with E-state index in [1.165, 1.54) is 0 Å². The number of phenolic OH excluding ortho intramolecular Hbond substituents is 2. The zero-order chi connectivity index (χ0) is 28.0. The van der Waals surface area contributed by atoms with E-state index in [2.05, 4.69) is 5.11 Å². The molecule has 0 amide bonds. The quantitative estimate of drug-likeness (QED) is 0.193. The second-order valence-corrected chi connectivity index (χ2v) is 10.7. The third kappa shape index (κ3) is 5.87. The van der Waals surface area contributed by atoms with Gasteiger partial charge in [-0.2, -0.15) is 0 Å². The van der Waals surface area contributed by atoms with Crippen LogP contribution in [0.25, 0.3) is 0 Å². The van der Waals surface area contributed by atoms with Gasteiger partial charge in [-0.15, -0.1) is 11.8 Å². The second-order valence-electron chi connectivity index (χ2n) is 9.53. The summed E-state index contributed by atoms with van der Waals surface area (Å²) in [5.74, 6) is 2.66. The molecule has 2 atom stereocenters. The average molecular weight is 551 g/mol. The van der Waals surface area contributed by atoms with Crippen LogP contribution in [0.1, 0.15) is 33.6 Å². The summed E-state index contributed by atoms with van der Waals surface area (Å²) in [7, 11) is 0. The van der Waals surface area contributed by atoms with Crippen molar-refractivity contribution in [3.05, 3.63) is 144 Å². The molecule has 6 rings (SSSR count). The van der Waals surface area contributed by atoms with Crippen LogP contribution in [0.4, 0.5) is 0 Å². The van der Waals surface area contributed by atoms with Gasteiger partial charge in [-0.25, -0.2) is 0 Å². The SMILES string of the molecule is [3H]Oc1ccc([C@@H]2Sc3c(OCc4ccccc4)cc(OCc4ccccc4)cc3O[C@@H]2c2ccc(O)cc2)cc1. The van der Waals surface area contributed by atoms with Gasteiger partial charge in [-0.05, 0) is 46.5 Å². The van der Waals surface area contributed by atoms with E-state index in [1.807, 2.05) is 97.1 Å². The van der Waals surface area contributed by atoms with Crippen molar-refractivity contribution in [3.63, 3.8) is 0 Å². The molecule has 0 fully saturated rings. The number of hydrogen-bond donors (Lipinski definition) is 2. The molecular weight excluding hydrogens is 520 g/mol. The van der Waals surface area contributed by atoms with E-state index in [1.54, 1.807) is 36.0 Å². The van der Waals surface area contributed by atoms with Crippen LogP contribution in [-0.2, 0) is 13.2 Å².